The lowest BCUT2D eigenvalue weighted by Gasteiger charge is -2.16. The molecule has 1 aliphatic carbocycles. The molecule has 2 aromatic rings. The lowest BCUT2D eigenvalue weighted by Crippen LogP contribution is -2.30. The van der Waals surface area contributed by atoms with Crippen molar-refractivity contribution in [3.63, 3.8) is 0 Å². The Morgan fingerprint density at radius 1 is 1.45 bits per heavy atom. The number of carbonyl (C=O) groups excluding carboxylic acids is 1. The highest BCUT2D eigenvalue weighted by atomic mass is 32.1. The van der Waals surface area contributed by atoms with Gasteiger partial charge in [-0.2, -0.15) is 0 Å². The van der Waals surface area contributed by atoms with E-state index in [9.17, 15) is 13.6 Å². The normalized spacial score (nSPS) is 14.0. The molecule has 22 heavy (non-hydrogen) atoms. The van der Waals surface area contributed by atoms with Gasteiger partial charge in [-0.15, -0.1) is 11.3 Å². The molecule has 3 rings (SSSR count). The number of carbonyl (C=O) groups is 1. The molecule has 1 aromatic heterocycles. The number of nitrogens with one attached hydrogen (secondary N) is 1. The summed E-state index contributed by atoms with van der Waals surface area (Å²) in [6, 6.07) is 3.51. The third-order valence-electron chi connectivity index (χ3n) is 3.39. The Hall–Kier alpha value is -2.02. The molecule has 7 heteroatoms. The van der Waals surface area contributed by atoms with Crippen LogP contribution in [0.3, 0.4) is 0 Å². The lowest BCUT2D eigenvalue weighted by molar-refractivity contribution is -0.116. The maximum atomic E-state index is 13.5. The number of amides is 1. The number of thiazole rings is 1. The van der Waals surface area contributed by atoms with Crippen LogP contribution in [0.1, 0.15) is 25.5 Å². The van der Waals surface area contributed by atoms with Gasteiger partial charge in [-0.3, -0.25) is 9.69 Å². The molecule has 4 nitrogen and oxygen atoms in total. The first kappa shape index (κ1) is 14.9. The molecule has 1 N–H and O–H groups in total. The van der Waals surface area contributed by atoms with Gasteiger partial charge in [-0.1, -0.05) is 0 Å². The molecule has 0 bridgehead atoms. The number of halogens is 2. The predicted octanol–water partition coefficient (Wildman–Crippen LogP) is 3.55. The summed E-state index contributed by atoms with van der Waals surface area (Å²) in [7, 11) is 0. The summed E-state index contributed by atoms with van der Waals surface area (Å²) in [6.45, 7) is 1.80. The summed E-state index contributed by atoms with van der Waals surface area (Å²) in [4.78, 5) is 17.8. The number of rotatable bonds is 5. The van der Waals surface area contributed by atoms with Gasteiger partial charge < -0.3 is 5.32 Å². The highest BCUT2D eigenvalue weighted by molar-refractivity contribution is 7.14. The van der Waals surface area contributed by atoms with Crippen LogP contribution in [-0.4, -0.2) is 16.9 Å². The van der Waals surface area contributed by atoms with Gasteiger partial charge in [-0.25, -0.2) is 13.8 Å². The molecule has 1 aliphatic rings. The fourth-order valence-electron chi connectivity index (χ4n) is 2.19. The number of hydrogen-bond acceptors (Lipinski definition) is 4. The Kier molecular flexibility index (Phi) is 4.06. The first-order valence-corrected chi connectivity index (χ1v) is 7.85. The highest BCUT2D eigenvalue weighted by Gasteiger charge is 2.33. The molecule has 0 radical (unpaired) electrons. The minimum absolute atomic E-state index is 0.0208. The molecule has 0 aliphatic heterocycles. The largest absolute Gasteiger partial charge is 0.377 e. The first-order valence-electron chi connectivity index (χ1n) is 6.97. The second-order valence-electron chi connectivity index (χ2n) is 5.22. The molecule has 1 saturated carbocycles. The van der Waals surface area contributed by atoms with Crippen LogP contribution in [-0.2, 0) is 11.3 Å². The van der Waals surface area contributed by atoms with E-state index in [2.05, 4.69) is 10.3 Å². The van der Waals surface area contributed by atoms with Crippen molar-refractivity contribution < 1.29 is 13.6 Å². The van der Waals surface area contributed by atoms with Gasteiger partial charge in [-0.05, 0) is 31.0 Å². The zero-order chi connectivity index (χ0) is 15.7. The molecule has 0 unspecified atom stereocenters. The van der Waals surface area contributed by atoms with Gasteiger partial charge in [0, 0.05) is 18.3 Å². The fraction of sp³-hybridized carbons (Fsp3) is 0.333. The van der Waals surface area contributed by atoms with E-state index in [1.165, 1.54) is 18.3 Å². The van der Waals surface area contributed by atoms with Crippen molar-refractivity contribution in [2.75, 3.05) is 10.2 Å². The van der Waals surface area contributed by atoms with Crippen molar-refractivity contribution in [3.05, 3.63) is 40.9 Å². The highest BCUT2D eigenvalue weighted by Crippen LogP contribution is 2.33. The number of benzene rings is 1. The molecule has 0 spiro atoms. The Balaban J connectivity index is 1.69. The van der Waals surface area contributed by atoms with E-state index in [4.69, 9.17) is 0 Å². The monoisotopic (exact) mass is 323 g/mol. The van der Waals surface area contributed by atoms with Crippen LogP contribution in [0.5, 0.6) is 0 Å². The van der Waals surface area contributed by atoms with Crippen molar-refractivity contribution >= 4 is 28.1 Å². The number of aromatic nitrogens is 1. The van der Waals surface area contributed by atoms with Crippen molar-refractivity contribution in [1.82, 2.24) is 4.98 Å². The van der Waals surface area contributed by atoms with Gasteiger partial charge in [0.1, 0.15) is 11.6 Å². The zero-order valence-electron chi connectivity index (χ0n) is 12.0. The van der Waals surface area contributed by atoms with E-state index in [1.54, 1.807) is 4.90 Å². The third kappa shape index (κ3) is 3.24. The molecule has 1 fully saturated rings. The first-order chi connectivity index (χ1) is 10.5. The van der Waals surface area contributed by atoms with Crippen LogP contribution in [0.15, 0.2) is 23.6 Å². The average Bonchev–Trinajstić information content (AvgIpc) is 3.18. The zero-order valence-corrected chi connectivity index (χ0v) is 12.8. The number of hydrogen-bond donors (Lipinski definition) is 1. The smallest absolute Gasteiger partial charge is 0.225 e. The van der Waals surface area contributed by atoms with E-state index in [-0.39, 0.29) is 24.2 Å². The molecule has 1 amide bonds. The average molecular weight is 323 g/mol. The van der Waals surface area contributed by atoms with Crippen molar-refractivity contribution in [1.29, 1.82) is 0 Å². The van der Waals surface area contributed by atoms with Crippen LogP contribution < -0.4 is 10.2 Å². The minimum atomic E-state index is -0.514. The molecular weight excluding hydrogens is 308 g/mol. The predicted molar refractivity (Wildman–Crippen MR) is 82.0 cm³/mol. The minimum Gasteiger partial charge on any atom is -0.377 e. The Labute approximate surface area is 130 Å². The molecule has 1 heterocycles. The maximum Gasteiger partial charge on any atom is 0.225 e. The van der Waals surface area contributed by atoms with Crippen LogP contribution in [0.2, 0.25) is 0 Å². The number of nitrogens with zero attached hydrogens (tertiary/aromatic N) is 2. The second kappa shape index (κ2) is 6.00. The standard InChI is InChI=1S/C15H15F2N3OS/c1-9(21)20(12-3-4-12)15-19-11(8-22-15)7-18-14-6-10(16)2-5-13(14)17/h2,5-6,8,12,18H,3-4,7H2,1H3. The van der Waals surface area contributed by atoms with Crippen molar-refractivity contribution in [2.45, 2.75) is 32.4 Å². The van der Waals surface area contributed by atoms with Crippen LogP contribution >= 0.6 is 11.3 Å². The van der Waals surface area contributed by atoms with E-state index >= 15 is 0 Å². The van der Waals surface area contributed by atoms with E-state index < -0.39 is 11.6 Å². The molecule has 0 atom stereocenters. The Morgan fingerprint density at radius 3 is 2.91 bits per heavy atom. The van der Waals surface area contributed by atoms with Gasteiger partial charge in [0.15, 0.2) is 5.13 Å². The summed E-state index contributed by atoms with van der Waals surface area (Å²) in [6.07, 6.45) is 2.00. The van der Waals surface area contributed by atoms with Crippen LogP contribution in [0.25, 0.3) is 0 Å². The Bertz CT molecular complexity index is 700. The summed E-state index contributed by atoms with van der Waals surface area (Å²) >= 11 is 1.38. The quantitative estimate of drug-likeness (QED) is 0.915. The second-order valence-corrected chi connectivity index (χ2v) is 6.06. The molecular formula is C15H15F2N3OS. The summed E-state index contributed by atoms with van der Waals surface area (Å²) < 4.78 is 26.6. The van der Waals surface area contributed by atoms with Crippen LogP contribution in [0.4, 0.5) is 19.6 Å². The SMILES string of the molecule is CC(=O)N(c1nc(CNc2cc(F)ccc2F)cs1)C1CC1. The number of anilines is 2. The van der Waals surface area contributed by atoms with Crippen molar-refractivity contribution in [3.8, 4) is 0 Å². The van der Waals surface area contributed by atoms with Crippen molar-refractivity contribution in [2.24, 2.45) is 0 Å². The van der Waals surface area contributed by atoms with Gasteiger partial charge in [0.05, 0.1) is 17.9 Å². The summed E-state index contributed by atoms with van der Waals surface area (Å²) in [5.41, 5.74) is 0.788. The van der Waals surface area contributed by atoms with Gasteiger partial charge >= 0.3 is 0 Å². The van der Waals surface area contributed by atoms with Gasteiger partial charge in [0.25, 0.3) is 0 Å². The molecule has 116 valence electrons. The third-order valence-corrected chi connectivity index (χ3v) is 4.27. The summed E-state index contributed by atoms with van der Waals surface area (Å²) in [5, 5.41) is 5.30. The topological polar surface area (TPSA) is 45.2 Å². The molecule has 1 aromatic carbocycles. The van der Waals surface area contributed by atoms with Gasteiger partial charge in [0.2, 0.25) is 5.91 Å². The maximum absolute atomic E-state index is 13.5. The molecule has 0 saturated heterocycles. The van der Waals surface area contributed by atoms with E-state index in [1.807, 2.05) is 5.38 Å². The summed E-state index contributed by atoms with van der Waals surface area (Å²) in [5.74, 6) is -1.04. The lowest BCUT2D eigenvalue weighted by atomic mass is 10.3. The van der Waals surface area contributed by atoms with E-state index in [0.29, 0.717) is 10.8 Å². The van der Waals surface area contributed by atoms with E-state index in [0.717, 1.165) is 31.0 Å². The Morgan fingerprint density at radius 2 is 2.23 bits per heavy atom. The van der Waals surface area contributed by atoms with Crippen LogP contribution in [0, 0.1) is 11.6 Å². The fourth-order valence-corrected chi connectivity index (χ4v) is 3.13.